The maximum Gasteiger partial charge on any atom is 0.433 e. The fraction of sp³-hybridized carbons (Fsp3) is 0.348. The van der Waals surface area contributed by atoms with Crippen LogP contribution in [0.3, 0.4) is 0 Å². The normalized spacial score (nSPS) is 15.4. The second kappa shape index (κ2) is 10.1. The maximum atomic E-state index is 13.8. The Bertz CT molecular complexity index is 1030. The number of hydrogen-bond donors (Lipinski definition) is 3. The van der Waals surface area contributed by atoms with Crippen LogP contribution in [0.5, 0.6) is 0 Å². The molecule has 4 nitrogen and oxygen atoms in total. The highest BCUT2D eigenvalue weighted by atomic mass is 19.4. The van der Waals surface area contributed by atoms with Crippen LogP contribution in [0.15, 0.2) is 59.7 Å². The number of aliphatic hydroxyl groups excluding tert-OH is 1. The Morgan fingerprint density at radius 2 is 1.70 bits per heavy atom. The summed E-state index contributed by atoms with van der Waals surface area (Å²) >= 11 is 0. The molecule has 178 valence electrons. The minimum absolute atomic E-state index is 0.00295. The van der Waals surface area contributed by atoms with Gasteiger partial charge in [-0.25, -0.2) is 4.98 Å². The van der Waals surface area contributed by atoms with Crippen LogP contribution in [-0.2, 0) is 12.4 Å². The monoisotopic (exact) mass is 471 g/mol. The molecule has 0 saturated carbocycles. The second-order valence-corrected chi connectivity index (χ2v) is 7.63. The molecular formula is C23H23F6N3O. The standard InChI is InChI=1S/C23H23F6N3O/c24-22(25,26)17-6-4-14(5-7-17)19-9-8-18(21(32-19)23(27,28)29)20(33)12-15-2-1-3-16(15)13-31-11-10-30/h1,3-9,20,31,33H,2,10-13,30H2/t20-/m1/s1. The predicted octanol–water partition coefficient (Wildman–Crippen LogP) is 5.01. The lowest BCUT2D eigenvalue weighted by Crippen LogP contribution is -2.24. The van der Waals surface area contributed by atoms with Crippen molar-refractivity contribution in [2.45, 2.75) is 31.3 Å². The number of nitrogens with one attached hydrogen (secondary N) is 1. The number of allylic oxidation sites excluding steroid dienone is 1. The molecule has 10 heteroatoms. The summed E-state index contributed by atoms with van der Waals surface area (Å²) in [7, 11) is 0. The Labute approximate surface area is 186 Å². The van der Waals surface area contributed by atoms with E-state index in [1.807, 2.05) is 12.2 Å². The summed E-state index contributed by atoms with van der Waals surface area (Å²) in [6.45, 7) is 1.52. The van der Waals surface area contributed by atoms with E-state index in [9.17, 15) is 31.4 Å². The first-order valence-corrected chi connectivity index (χ1v) is 10.2. The van der Waals surface area contributed by atoms with Crippen LogP contribution in [0.25, 0.3) is 11.3 Å². The molecular weight excluding hydrogens is 448 g/mol. The van der Waals surface area contributed by atoms with Crippen molar-refractivity contribution >= 4 is 0 Å². The minimum Gasteiger partial charge on any atom is -0.388 e. The second-order valence-electron chi connectivity index (χ2n) is 7.63. The molecule has 1 atom stereocenters. The Morgan fingerprint density at radius 1 is 1.00 bits per heavy atom. The molecule has 2 aromatic rings. The minimum atomic E-state index is -4.86. The average molecular weight is 471 g/mol. The quantitative estimate of drug-likeness (QED) is 0.374. The Morgan fingerprint density at radius 3 is 2.30 bits per heavy atom. The summed E-state index contributed by atoms with van der Waals surface area (Å²) in [4.78, 5) is 3.66. The molecule has 0 fully saturated rings. The molecule has 1 aromatic heterocycles. The molecule has 0 aliphatic heterocycles. The van der Waals surface area contributed by atoms with E-state index >= 15 is 0 Å². The number of aromatic nitrogens is 1. The topological polar surface area (TPSA) is 71.2 Å². The van der Waals surface area contributed by atoms with Crippen LogP contribution in [0, 0.1) is 0 Å². The van der Waals surface area contributed by atoms with E-state index in [-0.39, 0.29) is 23.2 Å². The smallest absolute Gasteiger partial charge is 0.388 e. The van der Waals surface area contributed by atoms with Crippen molar-refractivity contribution < 1.29 is 31.4 Å². The zero-order valence-electron chi connectivity index (χ0n) is 17.5. The van der Waals surface area contributed by atoms with Gasteiger partial charge in [-0.3, -0.25) is 0 Å². The molecule has 1 heterocycles. The molecule has 0 spiro atoms. The van der Waals surface area contributed by atoms with Crippen molar-refractivity contribution in [1.82, 2.24) is 10.3 Å². The van der Waals surface area contributed by atoms with Gasteiger partial charge in [0.1, 0.15) is 0 Å². The van der Waals surface area contributed by atoms with E-state index in [1.165, 1.54) is 6.07 Å². The molecule has 4 N–H and O–H groups in total. The van der Waals surface area contributed by atoms with Crippen molar-refractivity contribution in [2.75, 3.05) is 19.6 Å². The van der Waals surface area contributed by atoms with Crippen molar-refractivity contribution in [2.24, 2.45) is 5.73 Å². The number of nitrogens with zero attached hydrogens (tertiary/aromatic N) is 1. The lowest BCUT2D eigenvalue weighted by Gasteiger charge is -2.19. The van der Waals surface area contributed by atoms with Crippen LogP contribution >= 0.6 is 0 Å². The third-order valence-corrected chi connectivity index (χ3v) is 5.28. The summed E-state index contributed by atoms with van der Waals surface area (Å²) in [5.74, 6) is 0. The fourth-order valence-electron chi connectivity index (χ4n) is 3.62. The summed E-state index contributed by atoms with van der Waals surface area (Å²) < 4.78 is 79.5. The first-order chi connectivity index (χ1) is 15.5. The van der Waals surface area contributed by atoms with E-state index in [4.69, 9.17) is 5.73 Å². The number of benzene rings is 1. The lowest BCUT2D eigenvalue weighted by molar-refractivity contribution is -0.142. The number of alkyl halides is 6. The molecule has 1 aliphatic rings. The molecule has 0 saturated heterocycles. The van der Waals surface area contributed by atoms with Gasteiger partial charge in [0.05, 0.1) is 17.4 Å². The highest BCUT2D eigenvalue weighted by Crippen LogP contribution is 2.38. The van der Waals surface area contributed by atoms with E-state index in [0.717, 1.165) is 41.5 Å². The van der Waals surface area contributed by atoms with E-state index in [1.54, 1.807) is 0 Å². The number of hydrogen-bond acceptors (Lipinski definition) is 4. The molecule has 1 aliphatic carbocycles. The first-order valence-electron chi connectivity index (χ1n) is 10.2. The van der Waals surface area contributed by atoms with Gasteiger partial charge in [-0.15, -0.1) is 0 Å². The number of aliphatic hydroxyl groups is 1. The lowest BCUT2D eigenvalue weighted by atomic mass is 9.96. The van der Waals surface area contributed by atoms with E-state index in [2.05, 4.69) is 10.3 Å². The van der Waals surface area contributed by atoms with Gasteiger partial charge in [-0.1, -0.05) is 35.9 Å². The van der Waals surface area contributed by atoms with Crippen LogP contribution in [-0.4, -0.2) is 29.7 Å². The molecule has 1 aromatic carbocycles. The number of halogens is 6. The van der Waals surface area contributed by atoms with E-state index in [0.29, 0.717) is 26.1 Å². The van der Waals surface area contributed by atoms with E-state index < -0.39 is 29.7 Å². The van der Waals surface area contributed by atoms with Crippen LogP contribution in [0.1, 0.15) is 35.8 Å². The van der Waals surface area contributed by atoms with Gasteiger partial charge in [0.25, 0.3) is 0 Å². The highest BCUT2D eigenvalue weighted by Gasteiger charge is 2.38. The largest absolute Gasteiger partial charge is 0.433 e. The highest BCUT2D eigenvalue weighted by molar-refractivity contribution is 5.60. The van der Waals surface area contributed by atoms with Crippen LogP contribution < -0.4 is 11.1 Å². The molecule has 0 unspecified atom stereocenters. The SMILES string of the molecule is NCCNCC1=C(C[C@@H](O)c2ccc(-c3ccc(C(F)(F)F)cc3)nc2C(F)(F)F)CC=C1. The van der Waals surface area contributed by atoms with Gasteiger partial charge in [0.15, 0.2) is 5.69 Å². The number of pyridine rings is 1. The summed E-state index contributed by atoms with van der Waals surface area (Å²) in [5, 5.41) is 13.8. The summed E-state index contributed by atoms with van der Waals surface area (Å²) in [6, 6.07) is 6.10. The Hall–Kier alpha value is -2.69. The first kappa shape index (κ1) is 24.9. The average Bonchev–Trinajstić information content (AvgIpc) is 3.19. The molecule has 0 radical (unpaired) electrons. The molecule has 0 amide bonds. The third kappa shape index (κ3) is 6.21. The van der Waals surface area contributed by atoms with Gasteiger partial charge in [0.2, 0.25) is 0 Å². The Kier molecular flexibility index (Phi) is 7.61. The summed E-state index contributed by atoms with van der Waals surface area (Å²) in [5.41, 5.74) is 4.55. The van der Waals surface area contributed by atoms with Crippen molar-refractivity contribution in [3.05, 3.63) is 76.5 Å². The zero-order chi connectivity index (χ0) is 24.2. The van der Waals surface area contributed by atoms with Crippen molar-refractivity contribution in [3.63, 3.8) is 0 Å². The molecule has 33 heavy (non-hydrogen) atoms. The molecule has 3 rings (SSSR count). The van der Waals surface area contributed by atoms with Gasteiger partial charge in [-0.05, 0) is 36.6 Å². The predicted molar refractivity (Wildman–Crippen MR) is 112 cm³/mol. The fourth-order valence-corrected chi connectivity index (χ4v) is 3.62. The zero-order valence-corrected chi connectivity index (χ0v) is 17.5. The number of rotatable bonds is 8. The molecule has 0 bridgehead atoms. The van der Waals surface area contributed by atoms with Crippen LogP contribution in [0.2, 0.25) is 0 Å². The van der Waals surface area contributed by atoms with Gasteiger partial charge in [0, 0.05) is 30.8 Å². The van der Waals surface area contributed by atoms with Gasteiger partial charge < -0.3 is 16.2 Å². The van der Waals surface area contributed by atoms with Gasteiger partial charge in [-0.2, -0.15) is 26.3 Å². The summed E-state index contributed by atoms with van der Waals surface area (Å²) in [6.07, 6.45) is -6.60. The van der Waals surface area contributed by atoms with Crippen molar-refractivity contribution in [1.29, 1.82) is 0 Å². The van der Waals surface area contributed by atoms with Crippen molar-refractivity contribution in [3.8, 4) is 11.3 Å². The van der Waals surface area contributed by atoms with Gasteiger partial charge >= 0.3 is 12.4 Å². The number of nitrogens with two attached hydrogens (primary N) is 1. The third-order valence-electron chi connectivity index (χ3n) is 5.28. The Balaban J connectivity index is 1.87. The van der Waals surface area contributed by atoms with Crippen LogP contribution in [0.4, 0.5) is 26.3 Å². The maximum absolute atomic E-state index is 13.8.